The molecule has 0 saturated heterocycles. The maximum Gasteiger partial charge on any atom is 0.305 e. The molecule has 5 aromatic rings. The highest BCUT2D eigenvalue weighted by Gasteiger charge is 2.21. The second kappa shape index (κ2) is 12.2. The van der Waals surface area contributed by atoms with E-state index in [0.29, 0.717) is 18.1 Å². The second-order valence-electron chi connectivity index (χ2n) is 9.33. The summed E-state index contributed by atoms with van der Waals surface area (Å²) in [5.41, 5.74) is 4.55. The first-order valence-electron chi connectivity index (χ1n) is 12.9. The van der Waals surface area contributed by atoms with Crippen LogP contribution in [0.25, 0.3) is 22.6 Å². The van der Waals surface area contributed by atoms with Gasteiger partial charge in [0.2, 0.25) is 0 Å². The molecular formula is C28H28N8O4. The van der Waals surface area contributed by atoms with Gasteiger partial charge >= 0.3 is 5.97 Å². The van der Waals surface area contributed by atoms with Gasteiger partial charge in [0.15, 0.2) is 5.82 Å². The van der Waals surface area contributed by atoms with Crippen molar-refractivity contribution in [3.8, 4) is 22.6 Å². The predicted molar refractivity (Wildman–Crippen MR) is 144 cm³/mol. The average molecular weight is 541 g/mol. The topological polar surface area (TPSA) is 165 Å². The van der Waals surface area contributed by atoms with Crippen molar-refractivity contribution in [2.75, 3.05) is 0 Å². The van der Waals surface area contributed by atoms with Gasteiger partial charge in [-0.15, -0.1) is 5.10 Å². The molecular weight excluding hydrogens is 512 g/mol. The van der Waals surface area contributed by atoms with Crippen molar-refractivity contribution < 1.29 is 19.1 Å². The molecule has 0 saturated carbocycles. The molecule has 40 heavy (non-hydrogen) atoms. The number of hydrogen-bond acceptors (Lipinski definition) is 8. The molecule has 1 atom stereocenters. The molecule has 1 amide bonds. The van der Waals surface area contributed by atoms with E-state index in [1.807, 2.05) is 36.4 Å². The second-order valence-corrected chi connectivity index (χ2v) is 9.33. The third-order valence-electron chi connectivity index (χ3n) is 6.35. The lowest BCUT2D eigenvalue weighted by Crippen LogP contribution is -2.38. The Hall–Kier alpha value is -5.13. The van der Waals surface area contributed by atoms with Gasteiger partial charge in [-0.3, -0.25) is 19.3 Å². The van der Waals surface area contributed by atoms with Crippen molar-refractivity contribution in [3.63, 3.8) is 0 Å². The number of carbonyl (C=O) groups excluding carboxylic acids is 1. The Morgan fingerprint density at radius 3 is 2.65 bits per heavy atom. The summed E-state index contributed by atoms with van der Waals surface area (Å²) >= 11 is 0. The minimum absolute atomic E-state index is 0.233. The molecule has 0 spiro atoms. The summed E-state index contributed by atoms with van der Waals surface area (Å²) in [6, 6.07) is 16.2. The van der Waals surface area contributed by atoms with Crippen LogP contribution >= 0.6 is 0 Å². The molecule has 0 fully saturated rings. The number of aliphatic carboxylic acids is 1. The van der Waals surface area contributed by atoms with Crippen LogP contribution in [0.4, 0.5) is 0 Å². The fourth-order valence-corrected chi connectivity index (χ4v) is 4.51. The van der Waals surface area contributed by atoms with Crippen molar-refractivity contribution >= 4 is 11.9 Å². The summed E-state index contributed by atoms with van der Waals surface area (Å²) < 4.78 is 7.13. The molecule has 12 heteroatoms. The van der Waals surface area contributed by atoms with Gasteiger partial charge in [-0.1, -0.05) is 43.7 Å². The maximum atomic E-state index is 13.1. The molecule has 5 rings (SSSR count). The van der Waals surface area contributed by atoms with Crippen molar-refractivity contribution in [1.29, 1.82) is 0 Å². The van der Waals surface area contributed by atoms with Gasteiger partial charge in [0.05, 0.1) is 24.9 Å². The van der Waals surface area contributed by atoms with Crippen LogP contribution in [0.2, 0.25) is 0 Å². The fourth-order valence-electron chi connectivity index (χ4n) is 4.51. The Morgan fingerprint density at radius 2 is 1.98 bits per heavy atom. The number of rotatable bonds is 12. The third kappa shape index (κ3) is 6.29. The zero-order chi connectivity index (χ0) is 27.9. The minimum Gasteiger partial charge on any atom is -0.481 e. The Morgan fingerprint density at radius 1 is 1.12 bits per heavy atom. The minimum atomic E-state index is -1.01. The quantitative estimate of drug-likeness (QED) is 0.215. The van der Waals surface area contributed by atoms with Crippen molar-refractivity contribution in [1.82, 2.24) is 40.7 Å². The van der Waals surface area contributed by atoms with Crippen LogP contribution in [0.3, 0.4) is 0 Å². The van der Waals surface area contributed by atoms with Crippen LogP contribution in [0.5, 0.6) is 0 Å². The van der Waals surface area contributed by atoms with Crippen LogP contribution in [-0.2, 0) is 24.2 Å². The number of carbonyl (C=O) groups is 2. The molecule has 0 aliphatic carbocycles. The molecule has 0 radical (unpaired) electrons. The third-order valence-corrected chi connectivity index (χ3v) is 6.35. The number of pyridine rings is 1. The van der Waals surface area contributed by atoms with Crippen molar-refractivity contribution in [2.24, 2.45) is 0 Å². The maximum absolute atomic E-state index is 13.1. The van der Waals surface area contributed by atoms with E-state index in [2.05, 4.69) is 42.9 Å². The Kier molecular flexibility index (Phi) is 8.05. The van der Waals surface area contributed by atoms with E-state index in [4.69, 9.17) is 4.42 Å². The number of aryl methyl sites for hydroxylation is 1. The van der Waals surface area contributed by atoms with Gasteiger partial charge in [0.1, 0.15) is 11.5 Å². The molecule has 0 aliphatic heterocycles. The number of aromatic nitrogens is 7. The first-order valence-corrected chi connectivity index (χ1v) is 12.9. The Balaban J connectivity index is 1.33. The summed E-state index contributed by atoms with van der Waals surface area (Å²) in [4.78, 5) is 29.1. The van der Waals surface area contributed by atoms with Crippen molar-refractivity contribution in [2.45, 2.75) is 45.2 Å². The number of H-pyrrole nitrogens is 1. The first kappa shape index (κ1) is 26.5. The van der Waals surface area contributed by atoms with Gasteiger partial charge in [-0.2, -0.15) is 5.10 Å². The van der Waals surface area contributed by atoms with E-state index >= 15 is 0 Å². The van der Waals surface area contributed by atoms with Gasteiger partial charge in [0.25, 0.3) is 5.91 Å². The Bertz CT molecular complexity index is 1560. The fraction of sp³-hybridized carbons (Fsp3) is 0.250. The number of aromatic amines is 1. The van der Waals surface area contributed by atoms with E-state index in [1.54, 1.807) is 29.1 Å². The number of nitrogens with one attached hydrogen (secondary N) is 2. The van der Waals surface area contributed by atoms with Crippen LogP contribution < -0.4 is 5.32 Å². The van der Waals surface area contributed by atoms with Crippen LogP contribution in [0.15, 0.2) is 71.5 Å². The zero-order valence-corrected chi connectivity index (χ0v) is 21.8. The highest BCUT2D eigenvalue weighted by atomic mass is 16.4. The molecule has 1 aromatic carbocycles. The highest BCUT2D eigenvalue weighted by molar-refractivity contribution is 5.92. The number of carboxylic acids is 1. The van der Waals surface area contributed by atoms with E-state index in [0.717, 1.165) is 40.9 Å². The average Bonchev–Trinajstić information content (AvgIpc) is 3.73. The summed E-state index contributed by atoms with van der Waals surface area (Å²) in [7, 11) is 0. The summed E-state index contributed by atoms with van der Waals surface area (Å²) in [6.07, 6.45) is 4.94. The lowest BCUT2D eigenvalue weighted by atomic mass is 10.0. The molecule has 4 heterocycles. The van der Waals surface area contributed by atoms with Crippen LogP contribution in [-0.4, -0.2) is 58.4 Å². The molecule has 12 nitrogen and oxygen atoms in total. The van der Waals surface area contributed by atoms with Gasteiger partial charge in [-0.25, -0.2) is 5.10 Å². The molecule has 1 unspecified atom stereocenters. The molecule has 0 bridgehead atoms. The highest BCUT2D eigenvalue weighted by Crippen LogP contribution is 2.28. The zero-order valence-electron chi connectivity index (χ0n) is 21.8. The van der Waals surface area contributed by atoms with Gasteiger partial charge < -0.3 is 14.8 Å². The lowest BCUT2D eigenvalue weighted by Gasteiger charge is -2.15. The standard InChI is InChI=1S/C28H28N8O4/c1-2-6-20-15-25(28(39)30-19(14-26(37)38)13-21-7-5-12-40-21)33-36(20)17-18-10-11-24(29-16-18)22-8-3-4-9-23(22)27-31-34-35-32-27/h3-5,7-12,15-16,19H,2,6,13-14,17H2,1H3,(H,30,39)(H,37,38)(H,31,32,34,35). The summed E-state index contributed by atoms with van der Waals surface area (Å²) in [6.45, 7) is 2.48. The number of benzene rings is 1. The number of nitrogens with zero attached hydrogens (tertiary/aromatic N) is 6. The van der Waals surface area contributed by atoms with E-state index < -0.39 is 17.9 Å². The molecule has 3 N–H and O–H groups in total. The van der Waals surface area contributed by atoms with Gasteiger partial charge in [-0.05, 0) is 46.7 Å². The van der Waals surface area contributed by atoms with E-state index in [1.165, 1.54) is 6.26 Å². The lowest BCUT2D eigenvalue weighted by molar-refractivity contribution is -0.137. The molecule has 4 aromatic heterocycles. The summed E-state index contributed by atoms with van der Waals surface area (Å²) in [5, 5.41) is 30.8. The number of furan rings is 1. The van der Waals surface area contributed by atoms with Crippen molar-refractivity contribution in [3.05, 3.63) is 89.8 Å². The monoisotopic (exact) mass is 540 g/mol. The number of tetrazole rings is 1. The van der Waals surface area contributed by atoms with Crippen LogP contribution in [0, 0.1) is 0 Å². The number of hydrogen-bond donors (Lipinski definition) is 3. The first-order chi connectivity index (χ1) is 19.5. The SMILES string of the molecule is CCCc1cc(C(=O)NC(CC(=O)O)Cc2ccco2)nn1Cc1ccc(-c2ccccc2-c2nnn[nH]2)nc1. The summed E-state index contributed by atoms with van der Waals surface area (Å²) in [5.74, 6) is -0.284. The Labute approximate surface area is 229 Å². The van der Waals surface area contributed by atoms with E-state index in [9.17, 15) is 14.7 Å². The largest absolute Gasteiger partial charge is 0.481 e. The molecule has 204 valence electrons. The predicted octanol–water partition coefficient (Wildman–Crippen LogP) is 3.53. The smallest absolute Gasteiger partial charge is 0.305 e. The van der Waals surface area contributed by atoms with Gasteiger partial charge in [0, 0.05) is 35.5 Å². The normalized spacial score (nSPS) is 11.8. The number of carboxylic acid groups (broad SMARTS) is 1. The number of amides is 1. The van der Waals surface area contributed by atoms with Crippen LogP contribution in [0.1, 0.15) is 47.3 Å². The molecule has 0 aliphatic rings. The van der Waals surface area contributed by atoms with E-state index in [-0.39, 0.29) is 18.5 Å².